The molecule has 0 radical (unpaired) electrons. The van der Waals surface area contributed by atoms with Crippen molar-refractivity contribution in [2.24, 2.45) is 14.1 Å². The number of ether oxygens (including phenoxy) is 1. The number of carbonyl (C=O) groups excluding carboxylic acids is 1. The molecule has 2 fully saturated rings. The van der Waals surface area contributed by atoms with Gasteiger partial charge in [0.25, 0.3) is 5.56 Å². The largest absolute Gasteiger partial charge is 0.496 e. The molecule has 10 nitrogen and oxygen atoms in total. The van der Waals surface area contributed by atoms with Gasteiger partial charge in [0.15, 0.2) is 0 Å². The predicted molar refractivity (Wildman–Crippen MR) is 121 cm³/mol. The molecule has 2 aliphatic heterocycles. The van der Waals surface area contributed by atoms with Crippen LogP contribution in [0.4, 0.5) is 5.69 Å². The lowest BCUT2D eigenvalue weighted by atomic mass is 10.0. The van der Waals surface area contributed by atoms with Crippen LogP contribution >= 0.6 is 0 Å². The van der Waals surface area contributed by atoms with Crippen molar-refractivity contribution >= 4 is 11.6 Å². The van der Waals surface area contributed by atoms with Crippen molar-refractivity contribution in [2.45, 2.75) is 25.4 Å². The molecule has 2 atom stereocenters. The Kier molecular flexibility index (Phi) is 6.07. The van der Waals surface area contributed by atoms with E-state index in [2.05, 4.69) is 10.9 Å². The minimum absolute atomic E-state index is 0.0161. The van der Waals surface area contributed by atoms with Crippen LogP contribution in [0.2, 0.25) is 0 Å². The van der Waals surface area contributed by atoms with Crippen molar-refractivity contribution in [1.82, 2.24) is 24.9 Å². The van der Waals surface area contributed by atoms with E-state index in [1.165, 1.54) is 11.6 Å². The molecule has 10 heteroatoms. The minimum atomic E-state index is -0.338. The van der Waals surface area contributed by atoms with Gasteiger partial charge in [0.05, 0.1) is 13.2 Å². The third-order valence-corrected chi connectivity index (χ3v) is 6.55. The molecule has 0 spiro atoms. The monoisotopic (exact) mass is 442 g/mol. The van der Waals surface area contributed by atoms with Gasteiger partial charge in [-0.05, 0) is 19.4 Å². The molecule has 0 aliphatic carbocycles. The van der Waals surface area contributed by atoms with Crippen LogP contribution in [0.1, 0.15) is 23.7 Å². The number of anilines is 1. The maximum atomic E-state index is 13.1. The Morgan fingerprint density at radius 3 is 2.41 bits per heavy atom. The van der Waals surface area contributed by atoms with E-state index in [-0.39, 0.29) is 29.2 Å². The van der Waals surface area contributed by atoms with Gasteiger partial charge < -0.3 is 14.5 Å². The highest BCUT2D eigenvalue weighted by Gasteiger charge is 2.35. The number of amides is 1. The fourth-order valence-corrected chi connectivity index (χ4v) is 4.54. The number of para-hydroxylation sites is 1. The van der Waals surface area contributed by atoms with Gasteiger partial charge in [0.2, 0.25) is 5.91 Å². The summed E-state index contributed by atoms with van der Waals surface area (Å²) in [6.07, 6.45) is 0.625. The number of aromatic nitrogens is 2. The molecule has 1 aromatic heterocycles. The van der Waals surface area contributed by atoms with E-state index in [0.717, 1.165) is 15.9 Å². The molecule has 2 aromatic rings. The van der Waals surface area contributed by atoms with Gasteiger partial charge in [-0.1, -0.05) is 18.2 Å². The number of hydrazine groups is 1. The van der Waals surface area contributed by atoms with Crippen LogP contribution in [-0.2, 0) is 18.9 Å². The first-order valence-electron chi connectivity index (χ1n) is 10.8. The molecule has 2 aliphatic rings. The van der Waals surface area contributed by atoms with Gasteiger partial charge in [-0.25, -0.2) is 15.6 Å². The highest BCUT2D eigenvalue weighted by molar-refractivity contribution is 5.82. The number of hydrogen-bond acceptors (Lipinski definition) is 7. The van der Waals surface area contributed by atoms with Crippen molar-refractivity contribution in [1.29, 1.82) is 0 Å². The topological polar surface area (TPSA) is 101 Å². The Hall–Kier alpha value is -3.11. The number of methoxy groups -OCH3 is 1. The first kappa shape index (κ1) is 22.1. The van der Waals surface area contributed by atoms with Gasteiger partial charge in [-0.3, -0.25) is 18.7 Å². The van der Waals surface area contributed by atoms with Gasteiger partial charge >= 0.3 is 5.69 Å². The fourth-order valence-electron chi connectivity index (χ4n) is 4.54. The average molecular weight is 443 g/mol. The first-order chi connectivity index (χ1) is 15.3. The molecule has 0 bridgehead atoms. The Morgan fingerprint density at radius 2 is 1.72 bits per heavy atom. The van der Waals surface area contributed by atoms with Crippen LogP contribution < -0.4 is 31.7 Å². The van der Waals surface area contributed by atoms with Gasteiger partial charge in [0.1, 0.15) is 17.5 Å². The molecule has 0 saturated carbocycles. The summed E-state index contributed by atoms with van der Waals surface area (Å²) in [5.41, 5.74) is 7.90. The molecule has 32 heavy (non-hydrogen) atoms. The fraction of sp³-hybridized carbons (Fsp3) is 0.500. The normalized spacial score (nSPS) is 21.1. The Bertz CT molecular complexity index is 1130. The summed E-state index contributed by atoms with van der Waals surface area (Å²) < 4.78 is 8.07. The van der Waals surface area contributed by atoms with E-state index in [1.54, 1.807) is 21.1 Å². The zero-order valence-electron chi connectivity index (χ0n) is 18.9. The quantitative estimate of drug-likeness (QED) is 0.668. The third-order valence-electron chi connectivity index (χ3n) is 6.55. The molecule has 1 amide bonds. The molecular weight excluding hydrogens is 412 g/mol. The third kappa shape index (κ3) is 3.80. The van der Waals surface area contributed by atoms with Crippen LogP contribution in [0.3, 0.4) is 0 Å². The number of piperazine rings is 1. The second kappa shape index (κ2) is 8.79. The van der Waals surface area contributed by atoms with Crippen LogP contribution in [-0.4, -0.2) is 59.3 Å². The van der Waals surface area contributed by atoms with Crippen LogP contribution in [0.5, 0.6) is 5.75 Å². The zero-order valence-corrected chi connectivity index (χ0v) is 18.9. The zero-order chi connectivity index (χ0) is 23.0. The van der Waals surface area contributed by atoms with Gasteiger partial charge in [-0.2, -0.15) is 0 Å². The lowest BCUT2D eigenvalue weighted by Crippen LogP contribution is -2.55. The molecule has 1 aromatic carbocycles. The Labute approximate surface area is 186 Å². The summed E-state index contributed by atoms with van der Waals surface area (Å²) in [4.78, 5) is 41.8. The predicted octanol–water partition coefficient (Wildman–Crippen LogP) is -0.343. The minimum Gasteiger partial charge on any atom is -0.496 e. The molecule has 4 rings (SSSR count). The van der Waals surface area contributed by atoms with Gasteiger partial charge in [0, 0.05) is 51.5 Å². The lowest BCUT2D eigenvalue weighted by molar-refractivity contribution is -0.133. The van der Waals surface area contributed by atoms with Crippen LogP contribution in [0.25, 0.3) is 0 Å². The molecule has 172 valence electrons. The van der Waals surface area contributed by atoms with Crippen molar-refractivity contribution < 1.29 is 9.53 Å². The summed E-state index contributed by atoms with van der Waals surface area (Å²) in [5.74, 6) is 0.836. The van der Waals surface area contributed by atoms with E-state index < -0.39 is 0 Å². The van der Waals surface area contributed by atoms with Crippen molar-refractivity contribution in [3.63, 3.8) is 0 Å². The van der Waals surface area contributed by atoms with E-state index in [1.807, 2.05) is 34.1 Å². The molecule has 2 N–H and O–H groups in total. The number of benzene rings is 1. The number of nitrogens with one attached hydrogen (secondary N) is 2. The standard InChI is InChI=1S/C22H30N6O4/c1-14-19(21(30)26(3)22(31)25(14)2)27-9-11-28(12-10-27)20(29)17-13-16(23-24-17)15-7-5-6-8-18(15)32-4/h5-8,16-17,23-24H,9-13H2,1-4H3. The smallest absolute Gasteiger partial charge is 0.330 e. The summed E-state index contributed by atoms with van der Waals surface area (Å²) in [5, 5.41) is 0. The van der Waals surface area contributed by atoms with E-state index in [9.17, 15) is 14.4 Å². The van der Waals surface area contributed by atoms with E-state index in [0.29, 0.717) is 44.0 Å². The second-order valence-electron chi connectivity index (χ2n) is 8.32. The average Bonchev–Trinajstić information content (AvgIpc) is 3.31. The van der Waals surface area contributed by atoms with Gasteiger partial charge in [-0.15, -0.1) is 0 Å². The Balaban J connectivity index is 1.42. The summed E-state index contributed by atoms with van der Waals surface area (Å²) >= 11 is 0. The highest BCUT2D eigenvalue weighted by atomic mass is 16.5. The van der Waals surface area contributed by atoms with Crippen molar-refractivity contribution in [3.8, 4) is 5.75 Å². The summed E-state index contributed by atoms with van der Waals surface area (Å²) in [6.45, 7) is 3.89. The molecular formula is C22H30N6O4. The molecule has 2 saturated heterocycles. The van der Waals surface area contributed by atoms with E-state index in [4.69, 9.17) is 4.74 Å². The van der Waals surface area contributed by atoms with Crippen molar-refractivity contribution in [3.05, 3.63) is 56.4 Å². The molecule has 3 heterocycles. The maximum absolute atomic E-state index is 13.1. The lowest BCUT2D eigenvalue weighted by Gasteiger charge is -2.37. The van der Waals surface area contributed by atoms with E-state index >= 15 is 0 Å². The van der Waals surface area contributed by atoms with Crippen molar-refractivity contribution in [2.75, 3.05) is 38.2 Å². The SMILES string of the molecule is COc1ccccc1C1CC(C(=O)N2CCN(c3c(C)n(C)c(=O)n(C)c3=O)CC2)NN1. The maximum Gasteiger partial charge on any atom is 0.330 e. The summed E-state index contributed by atoms with van der Waals surface area (Å²) in [7, 11) is 4.80. The first-order valence-corrected chi connectivity index (χ1v) is 10.8. The Morgan fingerprint density at radius 1 is 1.03 bits per heavy atom. The number of nitrogens with zero attached hydrogens (tertiary/aromatic N) is 4. The number of rotatable bonds is 4. The van der Waals surface area contributed by atoms with Crippen LogP contribution in [0.15, 0.2) is 33.9 Å². The van der Waals surface area contributed by atoms with Crippen LogP contribution in [0, 0.1) is 6.92 Å². The number of carbonyl (C=O) groups is 1. The molecule has 2 unspecified atom stereocenters. The second-order valence-corrected chi connectivity index (χ2v) is 8.32. The highest BCUT2D eigenvalue weighted by Crippen LogP contribution is 2.30. The number of hydrogen-bond donors (Lipinski definition) is 2. The summed E-state index contributed by atoms with van der Waals surface area (Å²) in [6, 6.07) is 7.45.